The molecule has 2 aromatic rings. The predicted molar refractivity (Wildman–Crippen MR) is 87.7 cm³/mol. The van der Waals surface area contributed by atoms with Crippen LogP contribution in [0.4, 0.5) is 8.78 Å². The Morgan fingerprint density at radius 3 is 2.88 bits per heavy atom. The maximum atomic E-state index is 13.7. The molecule has 0 saturated carbocycles. The molecule has 0 spiro atoms. The van der Waals surface area contributed by atoms with E-state index in [2.05, 4.69) is 11.1 Å². The Labute approximate surface area is 143 Å². The lowest BCUT2D eigenvalue weighted by Crippen LogP contribution is -2.29. The monoisotopic (exact) mass is 340 g/mol. The van der Waals surface area contributed by atoms with E-state index in [4.69, 9.17) is 10.00 Å². The van der Waals surface area contributed by atoms with Gasteiger partial charge < -0.3 is 4.74 Å². The van der Waals surface area contributed by atoms with Crippen LogP contribution in [0, 0.1) is 28.9 Å². The Morgan fingerprint density at radius 2 is 2.08 bits per heavy atom. The van der Waals surface area contributed by atoms with Gasteiger partial charge in [0.2, 0.25) is 0 Å². The summed E-state index contributed by atoms with van der Waals surface area (Å²) in [4.78, 5) is 16.5. The molecule has 25 heavy (non-hydrogen) atoms. The Kier molecular flexibility index (Phi) is 4.85. The third-order valence-electron chi connectivity index (χ3n) is 3.95. The summed E-state index contributed by atoms with van der Waals surface area (Å²) >= 11 is 0. The highest BCUT2D eigenvalue weighted by Gasteiger charge is 2.26. The smallest absolute Gasteiger partial charge is 0.187 e. The van der Waals surface area contributed by atoms with Crippen LogP contribution in [0.25, 0.3) is 0 Å². The van der Waals surface area contributed by atoms with E-state index < -0.39 is 17.4 Å². The van der Waals surface area contributed by atoms with Crippen LogP contribution in [0.5, 0.6) is 5.75 Å². The number of hydrogen-bond donors (Lipinski definition) is 0. The minimum absolute atomic E-state index is 0.190. The first-order valence-electron chi connectivity index (χ1n) is 7.72. The van der Waals surface area contributed by atoms with Crippen molar-refractivity contribution in [2.24, 2.45) is 10.9 Å². The first kappa shape index (κ1) is 16.8. The Hall–Kier alpha value is -3.07. The average Bonchev–Trinajstić information content (AvgIpc) is 2.62. The zero-order valence-electron chi connectivity index (χ0n) is 13.2. The molecule has 1 aliphatic heterocycles. The first-order chi connectivity index (χ1) is 12.1. The standard InChI is InChI=1S/C19H14F2N2O2/c20-13-5-6-16(21)15(9-13)17(24)10-23-19-12(7-8-22)11-25-18-4-2-1-3-14(18)19/h1-6,9,12H,7,10-11H2. The van der Waals surface area contributed by atoms with E-state index in [-0.39, 0.29) is 31.1 Å². The van der Waals surface area contributed by atoms with Crippen molar-refractivity contribution in [3.63, 3.8) is 0 Å². The number of halogens is 2. The summed E-state index contributed by atoms with van der Waals surface area (Å²) in [5, 5.41) is 8.99. The number of ether oxygens (including phenoxy) is 1. The van der Waals surface area contributed by atoms with Gasteiger partial charge in [0.1, 0.15) is 23.9 Å². The van der Waals surface area contributed by atoms with Crippen LogP contribution in [0.2, 0.25) is 0 Å². The Bertz CT molecular complexity index is 887. The molecular formula is C19H14F2N2O2. The molecule has 0 bridgehead atoms. The fourth-order valence-electron chi connectivity index (χ4n) is 2.73. The van der Waals surface area contributed by atoms with Crippen LogP contribution < -0.4 is 4.74 Å². The van der Waals surface area contributed by atoms with E-state index >= 15 is 0 Å². The number of benzene rings is 2. The highest BCUT2D eigenvalue weighted by atomic mass is 19.1. The largest absolute Gasteiger partial charge is 0.492 e. The number of carbonyl (C=O) groups excluding carboxylic acids is 1. The second-order valence-electron chi connectivity index (χ2n) is 5.62. The van der Waals surface area contributed by atoms with Gasteiger partial charge in [-0.2, -0.15) is 5.26 Å². The van der Waals surface area contributed by atoms with E-state index in [1.807, 2.05) is 6.07 Å². The number of carbonyl (C=O) groups is 1. The minimum atomic E-state index is -0.785. The maximum absolute atomic E-state index is 13.7. The summed E-state index contributed by atoms with van der Waals surface area (Å²) in [5.41, 5.74) is 0.955. The molecule has 1 heterocycles. The molecule has 0 aromatic heterocycles. The fraction of sp³-hybridized carbons (Fsp3) is 0.211. The molecule has 1 aliphatic rings. The highest BCUT2D eigenvalue weighted by Crippen LogP contribution is 2.29. The normalized spacial score (nSPS) is 17.5. The molecule has 6 heteroatoms. The Morgan fingerprint density at radius 1 is 1.28 bits per heavy atom. The summed E-state index contributed by atoms with van der Waals surface area (Å²) < 4.78 is 32.6. The lowest BCUT2D eigenvalue weighted by molar-refractivity contribution is 0.0997. The molecule has 0 saturated heterocycles. The van der Waals surface area contributed by atoms with Crippen molar-refractivity contribution in [2.45, 2.75) is 6.42 Å². The van der Waals surface area contributed by atoms with Crippen molar-refractivity contribution in [3.8, 4) is 11.8 Å². The fourth-order valence-corrected chi connectivity index (χ4v) is 2.73. The number of nitrogens with zero attached hydrogens (tertiary/aromatic N) is 2. The number of rotatable bonds is 4. The third-order valence-corrected chi connectivity index (χ3v) is 3.95. The van der Waals surface area contributed by atoms with Gasteiger partial charge in [0, 0.05) is 17.9 Å². The molecule has 126 valence electrons. The number of nitriles is 1. The SMILES string of the molecule is N#CCC1COc2ccccc2C1=NCC(=O)c1cc(F)ccc1F. The maximum Gasteiger partial charge on any atom is 0.187 e. The molecule has 0 amide bonds. The van der Waals surface area contributed by atoms with Gasteiger partial charge in [-0.3, -0.25) is 9.79 Å². The zero-order valence-corrected chi connectivity index (χ0v) is 13.2. The van der Waals surface area contributed by atoms with Gasteiger partial charge in [-0.1, -0.05) is 12.1 Å². The molecule has 1 atom stereocenters. The zero-order chi connectivity index (χ0) is 17.8. The van der Waals surface area contributed by atoms with Crippen LogP contribution in [-0.4, -0.2) is 24.6 Å². The summed E-state index contributed by atoms with van der Waals surface area (Å²) in [6, 6.07) is 12.0. The van der Waals surface area contributed by atoms with Crippen LogP contribution >= 0.6 is 0 Å². The number of fused-ring (bicyclic) bond motifs is 1. The first-order valence-corrected chi connectivity index (χ1v) is 7.72. The second kappa shape index (κ2) is 7.22. The van der Waals surface area contributed by atoms with Crippen molar-refractivity contribution in [1.29, 1.82) is 5.26 Å². The number of aliphatic imine (C=N–C) groups is 1. The van der Waals surface area contributed by atoms with Crippen molar-refractivity contribution in [3.05, 3.63) is 65.2 Å². The molecule has 4 nitrogen and oxygen atoms in total. The molecule has 1 unspecified atom stereocenters. The van der Waals surface area contributed by atoms with Gasteiger partial charge >= 0.3 is 0 Å². The average molecular weight is 340 g/mol. The molecule has 0 aliphatic carbocycles. The summed E-state index contributed by atoms with van der Waals surface area (Å²) in [6.45, 7) is -0.0438. The molecule has 0 radical (unpaired) electrons. The second-order valence-corrected chi connectivity index (χ2v) is 5.62. The quantitative estimate of drug-likeness (QED) is 0.800. The number of ketones is 1. The van der Waals surface area contributed by atoms with Gasteiger partial charge in [-0.25, -0.2) is 8.78 Å². The van der Waals surface area contributed by atoms with Crippen molar-refractivity contribution in [1.82, 2.24) is 0 Å². The lowest BCUT2D eigenvalue weighted by atomic mass is 9.92. The minimum Gasteiger partial charge on any atom is -0.492 e. The van der Waals surface area contributed by atoms with Crippen LogP contribution in [0.3, 0.4) is 0 Å². The van der Waals surface area contributed by atoms with E-state index in [1.54, 1.807) is 18.2 Å². The molecule has 0 fully saturated rings. The van der Waals surface area contributed by atoms with Crippen molar-refractivity contribution >= 4 is 11.5 Å². The topological polar surface area (TPSA) is 62.4 Å². The molecule has 3 rings (SSSR count). The van der Waals surface area contributed by atoms with E-state index in [1.165, 1.54) is 0 Å². The molecule has 2 aromatic carbocycles. The highest BCUT2D eigenvalue weighted by molar-refractivity contribution is 6.07. The van der Waals surface area contributed by atoms with Crippen molar-refractivity contribution < 1.29 is 18.3 Å². The van der Waals surface area contributed by atoms with Gasteiger partial charge in [0.15, 0.2) is 5.78 Å². The van der Waals surface area contributed by atoms with Gasteiger partial charge in [-0.05, 0) is 30.3 Å². The van der Waals surface area contributed by atoms with Crippen LogP contribution in [0.15, 0.2) is 47.5 Å². The van der Waals surface area contributed by atoms with Crippen molar-refractivity contribution in [2.75, 3.05) is 13.2 Å². The van der Waals surface area contributed by atoms with Gasteiger partial charge in [-0.15, -0.1) is 0 Å². The van der Waals surface area contributed by atoms with E-state index in [0.29, 0.717) is 17.0 Å². The predicted octanol–water partition coefficient (Wildman–Crippen LogP) is 3.56. The van der Waals surface area contributed by atoms with E-state index in [0.717, 1.165) is 18.2 Å². The summed E-state index contributed by atoms with van der Waals surface area (Å²) in [6.07, 6.45) is 0.190. The summed E-state index contributed by atoms with van der Waals surface area (Å²) in [5.74, 6) is -1.74. The Balaban J connectivity index is 1.91. The van der Waals surface area contributed by atoms with Crippen LogP contribution in [0.1, 0.15) is 22.3 Å². The van der Waals surface area contributed by atoms with Crippen LogP contribution in [-0.2, 0) is 0 Å². The van der Waals surface area contributed by atoms with Gasteiger partial charge in [0.05, 0.1) is 24.0 Å². The molecule has 0 N–H and O–H groups in total. The third kappa shape index (κ3) is 3.56. The number of Topliss-reactive ketones (excluding diaryl/α,β-unsaturated/α-hetero) is 1. The number of para-hydroxylation sites is 1. The van der Waals surface area contributed by atoms with Gasteiger partial charge in [0.25, 0.3) is 0 Å². The number of hydrogen-bond acceptors (Lipinski definition) is 4. The van der Waals surface area contributed by atoms with E-state index in [9.17, 15) is 13.6 Å². The molecular weight excluding hydrogens is 326 g/mol. The summed E-state index contributed by atoms with van der Waals surface area (Å²) in [7, 11) is 0. The lowest BCUT2D eigenvalue weighted by Gasteiger charge is -2.25.